The predicted octanol–water partition coefficient (Wildman–Crippen LogP) is 0.850. The van der Waals surface area contributed by atoms with E-state index in [4.69, 9.17) is 0 Å². The van der Waals surface area contributed by atoms with E-state index in [1.165, 1.54) is 12.4 Å². The van der Waals surface area contributed by atoms with Crippen LogP contribution in [-0.2, 0) is 21.2 Å². The van der Waals surface area contributed by atoms with E-state index in [1.54, 1.807) is 22.8 Å². The molecule has 1 amide bonds. The van der Waals surface area contributed by atoms with Crippen molar-refractivity contribution in [3.63, 3.8) is 0 Å². The first kappa shape index (κ1) is 19.9. The van der Waals surface area contributed by atoms with Crippen LogP contribution < -0.4 is 10.0 Å². The van der Waals surface area contributed by atoms with Crippen LogP contribution in [0.1, 0.15) is 24.0 Å². The first-order chi connectivity index (χ1) is 13.4. The Labute approximate surface area is 163 Å². The summed E-state index contributed by atoms with van der Waals surface area (Å²) in [4.78, 5) is 20.3. The summed E-state index contributed by atoms with van der Waals surface area (Å²) >= 11 is 0. The molecular formula is C18H22N6O3S. The molecule has 28 heavy (non-hydrogen) atoms. The summed E-state index contributed by atoms with van der Waals surface area (Å²) in [5.41, 5.74) is 1.86. The second-order valence-corrected chi connectivity index (χ2v) is 8.15. The van der Waals surface area contributed by atoms with Gasteiger partial charge in [-0.3, -0.25) is 4.79 Å². The minimum absolute atomic E-state index is 0.0506. The molecule has 0 saturated carbocycles. The van der Waals surface area contributed by atoms with Gasteiger partial charge in [-0.25, -0.2) is 22.6 Å². The van der Waals surface area contributed by atoms with Gasteiger partial charge in [-0.2, -0.15) is 10.1 Å². The van der Waals surface area contributed by atoms with Crippen LogP contribution in [0.15, 0.2) is 47.9 Å². The lowest BCUT2D eigenvalue weighted by molar-refractivity contribution is -0.120. The quantitative estimate of drug-likeness (QED) is 0.512. The molecule has 0 bridgehead atoms. The van der Waals surface area contributed by atoms with Gasteiger partial charge in [0.05, 0.1) is 4.90 Å². The van der Waals surface area contributed by atoms with E-state index in [-0.39, 0.29) is 23.8 Å². The van der Waals surface area contributed by atoms with E-state index in [0.717, 1.165) is 24.0 Å². The molecule has 0 unspecified atom stereocenters. The number of hydrogen-bond donors (Lipinski definition) is 2. The second-order valence-electron chi connectivity index (χ2n) is 6.38. The Kier molecular flexibility index (Phi) is 6.32. The molecule has 2 N–H and O–H groups in total. The van der Waals surface area contributed by atoms with Crippen molar-refractivity contribution in [3.8, 4) is 0 Å². The van der Waals surface area contributed by atoms with Crippen molar-refractivity contribution in [2.75, 3.05) is 13.1 Å². The number of carbonyl (C=O) groups excluding carboxylic acids is 1. The Hall–Kier alpha value is -2.85. The highest BCUT2D eigenvalue weighted by Crippen LogP contribution is 2.10. The molecule has 0 fully saturated rings. The number of sulfonamides is 1. The maximum atomic E-state index is 12.2. The number of nitrogens with zero attached hydrogens (tertiary/aromatic N) is 4. The number of aryl methyl sites for hydroxylation is 2. The lowest BCUT2D eigenvalue weighted by atomic mass is 10.2. The van der Waals surface area contributed by atoms with Gasteiger partial charge in [0.25, 0.3) is 5.78 Å². The summed E-state index contributed by atoms with van der Waals surface area (Å²) in [6.07, 6.45) is 6.60. The Morgan fingerprint density at radius 1 is 1.21 bits per heavy atom. The van der Waals surface area contributed by atoms with Crippen LogP contribution in [0.25, 0.3) is 5.78 Å². The lowest BCUT2D eigenvalue weighted by Gasteiger charge is -2.08. The zero-order valence-corrected chi connectivity index (χ0v) is 16.3. The van der Waals surface area contributed by atoms with Gasteiger partial charge in [0.15, 0.2) is 0 Å². The highest BCUT2D eigenvalue weighted by molar-refractivity contribution is 7.89. The van der Waals surface area contributed by atoms with Crippen molar-refractivity contribution in [2.24, 2.45) is 0 Å². The van der Waals surface area contributed by atoms with Crippen LogP contribution in [0.2, 0.25) is 0 Å². The van der Waals surface area contributed by atoms with Gasteiger partial charge in [-0.1, -0.05) is 12.1 Å². The van der Waals surface area contributed by atoms with Crippen LogP contribution >= 0.6 is 0 Å². The standard InChI is InChI=1S/C18H22N6O3S/c1-14-4-2-6-16(10-14)28(26,27)23-9-7-17(25)19-8-3-5-15-11-20-18-21-13-22-24(18)12-15/h2,4,6,10-13,23H,3,5,7-9H2,1H3,(H,19,25). The van der Waals surface area contributed by atoms with Gasteiger partial charge < -0.3 is 5.32 Å². The fraction of sp³-hybridized carbons (Fsp3) is 0.333. The van der Waals surface area contributed by atoms with E-state index in [1.807, 2.05) is 19.2 Å². The van der Waals surface area contributed by atoms with Gasteiger partial charge in [0, 0.05) is 31.9 Å². The van der Waals surface area contributed by atoms with Crippen molar-refractivity contribution < 1.29 is 13.2 Å². The number of aromatic nitrogens is 4. The van der Waals surface area contributed by atoms with Crippen LogP contribution in [0, 0.1) is 6.92 Å². The third kappa shape index (κ3) is 5.33. The normalized spacial score (nSPS) is 11.6. The number of rotatable bonds is 9. The smallest absolute Gasteiger partial charge is 0.252 e. The highest BCUT2D eigenvalue weighted by Gasteiger charge is 2.14. The molecule has 0 aliphatic rings. The molecule has 2 heterocycles. The van der Waals surface area contributed by atoms with Crippen molar-refractivity contribution in [1.29, 1.82) is 0 Å². The third-order valence-corrected chi connectivity index (χ3v) is 5.56. The number of nitrogens with one attached hydrogen (secondary N) is 2. The Morgan fingerprint density at radius 2 is 2.07 bits per heavy atom. The predicted molar refractivity (Wildman–Crippen MR) is 103 cm³/mol. The van der Waals surface area contributed by atoms with Gasteiger partial charge in [-0.15, -0.1) is 0 Å². The maximum absolute atomic E-state index is 12.2. The average Bonchev–Trinajstić information content (AvgIpc) is 3.13. The molecule has 9 nitrogen and oxygen atoms in total. The topological polar surface area (TPSA) is 118 Å². The number of benzene rings is 1. The molecule has 3 rings (SSSR count). The number of fused-ring (bicyclic) bond motifs is 1. The SMILES string of the molecule is Cc1cccc(S(=O)(=O)NCCC(=O)NCCCc2cnc3ncnn3c2)c1. The van der Waals surface area contributed by atoms with Crippen LogP contribution in [0.5, 0.6) is 0 Å². The summed E-state index contributed by atoms with van der Waals surface area (Å²) in [6, 6.07) is 6.63. The summed E-state index contributed by atoms with van der Waals surface area (Å²) < 4.78 is 28.5. The fourth-order valence-corrected chi connectivity index (χ4v) is 3.80. The van der Waals surface area contributed by atoms with Crippen LogP contribution in [0.4, 0.5) is 0 Å². The highest BCUT2D eigenvalue weighted by atomic mass is 32.2. The number of amides is 1. The summed E-state index contributed by atoms with van der Waals surface area (Å²) in [5, 5.41) is 6.82. The molecule has 10 heteroatoms. The molecule has 2 aromatic heterocycles. The van der Waals surface area contributed by atoms with E-state index < -0.39 is 10.0 Å². The van der Waals surface area contributed by atoms with Crippen molar-refractivity contribution in [3.05, 3.63) is 54.1 Å². The zero-order chi connectivity index (χ0) is 20.0. The van der Waals surface area contributed by atoms with Crippen LogP contribution in [0.3, 0.4) is 0 Å². The lowest BCUT2D eigenvalue weighted by Crippen LogP contribution is -2.31. The molecular weight excluding hydrogens is 380 g/mol. The summed E-state index contributed by atoms with van der Waals surface area (Å²) in [7, 11) is -3.60. The number of hydrogen-bond acceptors (Lipinski definition) is 6. The van der Waals surface area contributed by atoms with Gasteiger partial charge in [0.2, 0.25) is 15.9 Å². The third-order valence-electron chi connectivity index (χ3n) is 4.10. The van der Waals surface area contributed by atoms with E-state index in [9.17, 15) is 13.2 Å². The molecule has 0 spiro atoms. The number of carbonyl (C=O) groups is 1. The van der Waals surface area contributed by atoms with Crippen molar-refractivity contribution in [1.82, 2.24) is 29.6 Å². The maximum Gasteiger partial charge on any atom is 0.252 e. The first-order valence-electron chi connectivity index (χ1n) is 8.91. The van der Waals surface area contributed by atoms with E-state index >= 15 is 0 Å². The largest absolute Gasteiger partial charge is 0.356 e. The van der Waals surface area contributed by atoms with E-state index in [2.05, 4.69) is 25.1 Å². The van der Waals surface area contributed by atoms with Gasteiger partial charge in [0.1, 0.15) is 6.33 Å². The molecule has 0 saturated heterocycles. The summed E-state index contributed by atoms with van der Waals surface area (Å²) in [6.45, 7) is 2.38. The minimum Gasteiger partial charge on any atom is -0.356 e. The van der Waals surface area contributed by atoms with Gasteiger partial charge >= 0.3 is 0 Å². The second kappa shape index (κ2) is 8.89. The Balaban J connectivity index is 1.36. The molecule has 1 aromatic carbocycles. The van der Waals surface area contributed by atoms with Crippen molar-refractivity contribution in [2.45, 2.75) is 31.1 Å². The molecule has 0 aliphatic heterocycles. The van der Waals surface area contributed by atoms with Crippen molar-refractivity contribution >= 4 is 21.7 Å². The minimum atomic E-state index is -3.60. The monoisotopic (exact) mass is 402 g/mol. The van der Waals surface area contributed by atoms with E-state index in [0.29, 0.717) is 12.3 Å². The fourth-order valence-electron chi connectivity index (χ4n) is 2.66. The molecule has 0 atom stereocenters. The zero-order valence-electron chi connectivity index (χ0n) is 15.5. The molecule has 148 valence electrons. The molecule has 0 aliphatic carbocycles. The van der Waals surface area contributed by atoms with Crippen LogP contribution in [-0.4, -0.2) is 47.0 Å². The Bertz CT molecular complexity index is 1060. The average molecular weight is 402 g/mol. The molecule has 0 radical (unpaired) electrons. The first-order valence-corrected chi connectivity index (χ1v) is 10.4. The van der Waals surface area contributed by atoms with Gasteiger partial charge in [-0.05, 0) is 43.0 Å². The summed E-state index contributed by atoms with van der Waals surface area (Å²) in [5.74, 6) is 0.349. The Morgan fingerprint density at radius 3 is 2.89 bits per heavy atom. The molecule has 3 aromatic rings.